The van der Waals surface area contributed by atoms with Crippen LogP contribution in [0.3, 0.4) is 0 Å². The second kappa shape index (κ2) is 6.58. The number of anilines is 1. The lowest BCUT2D eigenvalue weighted by molar-refractivity contribution is 0.102. The van der Waals surface area contributed by atoms with Gasteiger partial charge in [-0.05, 0) is 61.9 Å². The maximum Gasteiger partial charge on any atom is 0.276 e. The molecule has 5 nitrogen and oxygen atoms in total. The molecule has 122 valence electrons. The molecule has 0 bridgehead atoms. The Labute approximate surface area is 140 Å². The highest BCUT2D eigenvalue weighted by Crippen LogP contribution is 2.17. The molecule has 0 aliphatic carbocycles. The molecule has 3 rings (SSSR count). The van der Waals surface area contributed by atoms with Gasteiger partial charge in [0.05, 0.1) is 12.8 Å². The minimum atomic E-state index is -0.226. The predicted octanol–water partition coefficient (Wildman–Crippen LogP) is 3.75. The zero-order valence-electron chi connectivity index (χ0n) is 13.9. The summed E-state index contributed by atoms with van der Waals surface area (Å²) in [5, 5.41) is 7.29. The van der Waals surface area contributed by atoms with Crippen LogP contribution in [0.5, 0.6) is 5.75 Å². The van der Waals surface area contributed by atoms with Gasteiger partial charge in [0.15, 0.2) is 5.69 Å². The highest BCUT2D eigenvalue weighted by Gasteiger charge is 2.13. The van der Waals surface area contributed by atoms with Gasteiger partial charge in [0.25, 0.3) is 5.91 Å². The number of carbonyl (C=O) groups is 1. The second-order valence-corrected chi connectivity index (χ2v) is 5.60. The summed E-state index contributed by atoms with van der Waals surface area (Å²) < 4.78 is 6.90. The van der Waals surface area contributed by atoms with Crippen LogP contribution < -0.4 is 10.1 Å². The molecule has 0 saturated heterocycles. The first-order valence-corrected chi connectivity index (χ1v) is 7.66. The predicted molar refractivity (Wildman–Crippen MR) is 94.0 cm³/mol. The topological polar surface area (TPSA) is 56.2 Å². The Bertz CT molecular complexity index is 867. The Morgan fingerprint density at radius 3 is 2.50 bits per heavy atom. The molecule has 3 aromatic rings. The van der Waals surface area contributed by atoms with Crippen LogP contribution in [-0.2, 0) is 0 Å². The van der Waals surface area contributed by atoms with Crippen LogP contribution in [0.4, 0.5) is 5.69 Å². The van der Waals surface area contributed by atoms with Crippen LogP contribution in [0.1, 0.15) is 21.7 Å². The molecule has 0 unspecified atom stereocenters. The molecule has 0 aliphatic rings. The van der Waals surface area contributed by atoms with Crippen molar-refractivity contribution in [1.29, 1.82) is 0 Å². The van der Waals surface area contributed by atoms with Crippen LogP contribution in [0.25, 0.3) is 5.69 Å². The summed E-state index contributed by atoms with van der Waals surface area (Å²) >= 11 is 0. The minimum absolute atomic E-state index is 0.226. The fourth-order valence-electron chi connectivity index (χ4n) is 2.49. The van der Waals surface area contributed by atoms with E-state index in [-0.39, 0.29) is 5.91 Å². The fraction of sp³-hybridized carbons (Fsp3) is 0.158. The molecular formula is C19H19N3O2. The monoisotopic (exact) mass is 321 g/mol. The number of carbonyl (C=O) groups excluding carboxylic acids is 1. The Kier molecular flexibility index (Phi) is 4.33. The van der Waals surface area contributed by atoms with E-state index in [4.69, 9.17) is 4.74 Å². The van der Waals surface area contributed by atoms with Crippen molar-refractivity contribution in [2.45, 2.75) is 13.8 Å². The number of rotatable bonds is 4. The van der Waals surface area contributed by atoms with E-state index >= 15 is 0 Å². The van der Waals surface area contributed by atoms with E-state index in [9.17, 15) is 4.79 Å². The van der Waals surface area contributed by atoms with Crippen molar-refractivity contribution in [2.75, 3.05) is 12.4 Å². The maximum absolute atomic E-state index is 12.4. The number of hydrogen-bond donors (Lipinski definition) is 1. The summed E-state index contributed by atoms with van der Waals surface area (Å²) in [4.78, 5) is 12.4. The SMILES string of the molecule is COc1ccc(-n2nc(C(=O)Nc3cccc(C)c3)cc2C)cc1. The first-order valence-electron chi connectivity index (χ1n) is 7.66. The van der Waals surface area contributed by atoms with E-state index in [1.807, 2.05) is 62.4 Å². The molecule has 1 heterocycles. The van der Waals surface area contributed by atoms with Crippen molar-refractivity contribution in [3.8, 4) is 11.4 Å². The standard InChI is InChI=1S/C19H19N3O2/c1-13-5-4-6-15(11-13)20-19(23)18-12-14(2)22(21-18)16-7-9-17(24-3)10-8-16/h4-12H,1-3H3,(H,20,23). The lowest BCUT2D eigenvalue weighted by Gasteiger charge is -2.06. The Morgan fingerprint density at radius 1 is 1.08 bits per heavy atom. The Hall–Kier alpha value is -3.08. The number of nitrogens with zero attached hydrogens (tertiary/aromatic N) is 2. The first kappa shape index (κ1) is 15.8. The quantitative estimate of drug-likeness (QED) is 0.796. The van der Waals surface area contributed by atoms with Gasteiger partial charge in [0.2, 0.25) is 0 Å². The summed E-state index contributed by atoms with van der Waals surface area (Å²) in [5.74, 6) is 0.553. The van der Waals surface area contributed by atoms with E-state index in [2.05, 4.69) is 10.4 Å². The van der Waals surface area contributed by atoms with E-state index in [0.29, 0.717) is 5.69 Å². The lowest BCUT2D eigenvalue weighted by Crippen LogP contribution is -2.13. The fourth-order valence-corrected chi connectivity index (χ4v) is 2.49. The van der Waals surface area contributed by atoms with Gasteiger partial charge in [-0.25, -0.2) is 4.68 Å². The molecule has 1 amide bonds. The lowest BCUT2D eigenvalue weighted by atomic mass is 10.2. The van der Waals surface area contributed by atoms with Gasteiger partial charge in [-0.3, -0.25) is 4.79 Å². The van der Waals surface area contributed by atoms with Crippen LogP contribution in [0, 0.1) is 13.8 Å². The summed E-state index contributed by atoms with van der Waals surface area (Å²) in [5.41, 5.74) is 3.99. The number of nitrogens with one attached hydrogen (secondary N) is 1. The molecule has 1 aromatic heterocycles. The molecule has 2 aromatic carbocycles. The number of aryl methyl sites for hydroxylation is 2. The number of hydrogen-bond acceptors (Lipinski definition) is 3. The summed E-state index contributed by atoms with van der Waals surface area (Å²) in [6, 6.07) is 17.0. The number of amides is 1. The van der Waals surface area contributed by atoms with Crippen molar-refractivity contribution < 1.29 is 9.53 Å². The summed E-state index contributed by atoms with van der Waals surface area (Å²) in [6.45, 7) is 3.90. The number of methoxy groups -OCH3 is 1. The van der Waals surface area contributed by atoms with Gasteiger partial charge in [0, 0.05) is 11.4 Å². The number of ether oxygens (including phenoxy) is 1. The van der Waals surface area contributed by atoms with Gasteiger partial charge in [-0.2, -0.15) is 5.10 Å². The summed E-state index contributed by atoms with van der Waals surface area (Å²) in [7, 11) is 1.63. The molecule has 0 spiro atoms. The van der Waals surface area contributed by atoms with E-state index < -0.39 is 0 Å². The largest absolute Gasteiger partial charge is 0.497 e. The molecule has 0 atom stereocenters. The van der Waals surface area contributed by atoms with Gasteiger partial charge in [0.1, 0.15) is 5.75 Å². The van der Waals surface area contributed by atoms with E-state index in [0.717, 1.165) is 28.4 Å². The third kappa shape index (κ3) is 3.30. The van der Waals surface area contributed by atoms with Crippen LogP contribution >= 0.6 is 0 Å². The average molecular weight is 321 g/mol. The van der Waals surface area contributed by atoms with Crippen molar-refractivity contribution in [2.24, 2.45) is 0 Å². The Balaban J connectivity index is 1.83. The second-order valence-electron chi connectivity index (χ2n) is 5.60. The first-order chi connectivity index (χ1) is 11.6. The number of aromatic nitrogens is 2. The summed E-state index contributed by atoms with van der Waals surface area (Å²) in [6.07, 6.45) is 0. The molecule has 1 N–H and O–H groups in total. The van der Waals surface area contributed by atoms with Gasteiger partial charge < -0.3 is 10.1 Å². The van der Waals surface area contributed by atoms with Crippen LogP contribution in [0.15, 0.2) is 54.6 Å². The molecule has 0 saturated carbocycles. The molecule has 0 fully saturated rings. The smallest absolute Gasteiger partial charge is 0.276 e. The molecule has 5 heteroatoms. The third-order valence-electron chi connectivity index (χ3n) is 3.71. The van der Waals surface area contributed by atoms with Gasteiger partial charge in [-0.15, -0.1) is 0 Å². The maximum atomic E-state index is 12.4. The molecule has 0 radical (unpaired) electrons. The van der Waals surface area contributed by atoms with Gasteiger partial charge in [-0.1, -0.05) is 12.1 Å². The highest BCUT2D eigenvalue weighted by molar-refractivity contribution is 6.03. The van der Waals surface area contributed by atoms with E-state index in [1.165, 1.54) is 0 Å². The molecule has 24 heavy (non-hydrogen) atoms. The molecular weight excluding hydrogens is 302 g/mol. The van der Waals surface area contributed by atoms with Crippen molar-refractivity contribution in [3.05, 3.63) is 71.5 Å². The van der Waals surface area contributed by atoms with E-state index in [1.54, 1.807) is 17.9 Å². The van der Waals surface area contributed by atoms with Crippen LogP contribution in [-0.4, -0.2) is 22.8 Å². The average Bonchev–Trinajstić information content (AvgIpc) is 2.97. The zero-order valence-corrected chi connectivity index (χ0v) is 13.9. The van der Waals surface area contributed by atoms with Crippen molar-refractivity contribution in [3.63, 3.8) is 0 Å². The third-order valence-corrected chi connectivity index (χ3v) is 3.71. The van der Waals surface area contributed by atoms with Crippen molar-refractivity contribution in [1.82, 2.24) is 9.78 Å². The molecule has 0 aliphatic heterocycles. The van der Waals surface area contributed by atoms with Gasteiger partial charge >= 0.3 is 0 Å². The minimum Gasteiger partial charge on any atom is -0.497 e. The number of benzene rings is 2. The Morgan fingerprint density at radius 2 is 1.83 bits per heavy atom. The van der Waals surface area contributed by atoms with Crippen molar-refractivity contribution >= 4 is 11.6 Å². The highest BCUT2D eigenvalue weighted by atomic mass is 16.5. The normalized spacial score (nSPS) is 10.5. The van der Waals surface area contributed by atoms with Crippen LogP contribution in [0.2, 0.25) is 0 Å². The zero-order chi connectivity index (χ0) is 17.1.